The second kappa shape index (κ2) is 6.24. The van der Waals surface area contributed by atoms with Gasteiger partial charge in [0.2, 0.25) is 11.8 Å². The minimum atomic E-state index is -1.25. The van der Waals surface area contributed by atoms with E-state index in [9.17, 15) is 19.2 Å². The molecule has 9 heteroatoms. The van der Waals surface area contributed by atoms with Crippen LogP contribution in [0.4, 0.5) is 4.79 Å². The van der Waals surface area contributed by atoms with Crippen molar-refractivity contribution in [2.75, 3.05) is 5.75 Å². The first-order chi connectivity index (χ1) is 8.40. The number of nitrogens with one attached hydrogen (secondary N) is 2. The molecular formula is C9H13N3O5S. The van der Waals surface area contributed by atoms with Crippen molar-refractivity contribution < 1.29 is 24.3 Å². The Morgan fingerprint density at radius 2 is 2.22 bits per heavy atom. The molecule has 0 spiro atoms. The highest BCUT2D eigenvalue weighted by Crippen LogP contribution is 2.13. The Labute approximate surface area is 107 Å². The number of carboxylic acid groups (broad SMARTS) is 1. The molecular weight excluding hydrogens is 262 g/mol. The quantitative estimate of drug-likeness (QED) is 0.472. The summed E-state index contributed by atoms with van der Waals surface area (Å²) in [4.78, 5) is 44.0. The van der Waals surface area contributed by atoms with Crippen molar-refractivity contribution in [2.45, 2.75) is 24.9 Å². The number of hydrogen-bond donors (Lipinski definition) is 4. The van der Waals surface area contributed by atoms with Crippen molar-refractivity contribution in [3.05, 3.63) is 0 Å². The van der Waals surface area contributed by atoms with Crippen molar-refractivity contribution in [3.63, 3.8) is 0 Å². The lowest BCUT2D eigenvalue weighted by Gasteiger charge is -2.16. The van der Waals surface area contributed by atoms with Crippen LogP contribution < -0.4 is 16.4 Å². The molecule has 0 aromatic carbocycles. The fourth-order valence-electron chi connectivity index (χ4n) is 1.34. The Morgan fingerprint density at radius 3 is 2.67 bits per heavy atom. The Hall–Kier alpha value is -1.77. The number of nitrogens with two attached hydrogens (primary N) is 1. The second-order valence-corrected chi connectivity index (χ2v) is 4.69. The van der Waals surface area contributed by atoms with Crippen molar-refractivity contribution in [2.24, 2.45) is 5.73 Å². The predicted molar refractivity (Wildman–Crippen MR) is 62.8 cm³/mol. The molecule has 0 radical (unpaired) electrons. The van der Waals surface area contributed by atoms with Crippen LogP contribution in [-0.2, 0) is 14.4 Å². The van der Waals surface area contributed by atoms with Crippen LogP contribution in [0.25, 0.3) is 0 Å². The third kappa shape index (κ3) is 4.24. The zero-order valence-electron chi connectivity index (χ0n) is 9.34. The Morgan fingerprint density at radius 1 is 1.56 bits per heavy atom. The highest BCUT2D eigenvalue weighted by molar-refractivity contribution is 8.14. The first-order valence-electron chi connectivity index (χ1n) is 5.15. The predicted octanol–water partition coefficient (Wildman–Crippen LogP) is -1.35. The summed E-state index contributed by atoms with van der Waals surface area (Å²) in [6, 6.07) is -1.93. The maximum atomic E-state index is 11.6. The zero-order chi connectivity index (χ0) is 13.7. The third-order valence-corrected chi connectivity index (χ3v) is 3.16. The molecule has 0 saturated carbocycles. The monoisotopic (exact) mass is 275 g/mol. The summed E-state index contributed by atoms with van der Waals surface area (Å²) < 4.78 is 0. The Bertz CT molecular complexity index is 386. The van der Waals surface area contributed by atoms with Crippen molar-refractivity contribution in [3.8, 4) is 0 Å². The first-order valence-corrected chi connectivity index (χ1v) is 6.13. The molecule has 2 atom stereocenters. The normalized spacial score (nSPS) is 20.0. The number of carbonyl (C=O) groups excluding carboxylic acids is 3. The van der Waals surface area contributed by atoms with Crippen LogP contribution in [0, 0.1) is 0 Å². The maximum absolute atomic E-state index is 11.6. The molecule has 0 aliphatic carbocycles. The van der Waals surface area contributed by atoms with Crippen molar-refractivity contribution in [1.82, 2.24) is 10.6 Å². The zero-order valence-corrected chi connectivity index (χ0v) is 10.2. The molecule has 1 saturated heterocycles. The molecule has 100 valence electrons. The summed E-state index contributed by atoms with van der Waals surface area (Å²) in [6.45, 7) is 0. The van der Waals surface area contributed by atoms with Gasteiger partial charge >= 0.3 is 5.97 Å². The van der Waals surface area contributed by atoms with Gasteiger partial charge in [-0.05, 0) is 6.42 Å². The number of hydrogen-bond acceptors (Lipinski definition) is 5. The van der Waals surface area contributed by atoms with Gasteiger partial charge in [-0.15, -0.1) is 0 Å². The van der Waals surface area contributed by atoms with Crippen LogP contribution in [0.2, 0.25) is 0 Å². The topological polar surface area (TPSA) is 139 Å². The van der Waals surface area contributed by atoms with E-state index in [0.29, 0.717) is 0 Å². The summed E-state index contributed by atoms with van der Waals surface area (Å²) in [7, 11) is 0. The standard InChI is InChI=1S/C9H13N3O5S/c10-6(13)2-1-4(8(15)16)11-7(14)5-3-18-9(17)12-5/h4-5H,1-3H2,(H2,10,13)(H,11,14)(H,12,17)(H,15,16). The lowest BCUT2D eigenvalue weighted by Crippen LogP contribution is -2.49. The summed E-state index contributed by atoms with van der Waals surface area (Å²) in [5, 5.41) is 13.2. The van der Waals surface area contributed by atoms with E-state index in [4.69, 9.17) is 10.8 Å². The third-order valence-electron chi connectivity index (χ3n) is 2.28. The summed E-state index contributed by atoms with van der Waals surface area (Å²) in [5.41, 5.74) is 4.91. The van der Waals surface area contributed by atoms with Crippen molar-refractivity contribution >= 4 is 34.8 Å². The van der Waals surface area contributed by atoms with E-state index in [1.807, 2.05) is 0 Å². The highest BCUT2D eigenvalue weighted by Gasteiger charge is 2.30. The molecule has 3 amide bonds. The Kier molecular flexibility index (Phi) is 4.95. The summed E-state index contributed by atoms with van der Waals surface area (Å²) >= 11 is 0.955. The average Bonchev–Trinajstić information content (AvgIpc) is 2.70. The van der Waals surface area contributed by atoms with Crippen LogP contribution in [0.3, 0.4) is 0 Å². The Balaban J connectivity index is 2.49. The van der Waals surface area contributed by atoms with Gasteiger partial charge < -0.3 is 21.5 Å². The van der Waals surface area contributed by atoms with Crippen LogP contribution in [0.15, 0.2) is 0 Å². The molecule has 1 aliphatic heterocycles. The van der Waals surface area contributed by atoms with Gasteiger partial charge in [0, 0.05) is 12.2 Å². The van der Waals surface area contributed by atoms with Gasteiger partial charge in [-0.1, -0.05) is 11.8 Å². The molecule has 0 aromatic rings. The molecule has 1 aliphatic rings. The molecule has 0 aromatic heterocycles. The number of aliphatic carboxylic acids is 1. The van der Waals surface area contributed by atoms with Gasteiger partial charge in [-0.3, -0.25) is 14.4 Å². The highest BCUT2D eigenvalue weighted by atomic mass is 32.2. The number of primary amides is 1. The molecule has 2 unspecified atom stereocenters. The van der Waals surface area contributed by atoms with Gasteiger partial charge in [-0.2, -0.15) is 0 Å². The van der Waals surface area contributed by atoms with Crippen LogP contribution in [0.5, 0.6) is 0 Å². The first kappa shape index (κ1) is 14.3. The number of thioether (sulfide) groups is 1. The second-order valence-electron chi connectivity index (χ2n) is 3.70. The summed E-state index contributed by atoms with van der Waals surface area (Å²) in [5.74, 6) is -2.21. The van der Waals surface area contributed by atoms with Crippen molar-refractivity contribution in [1.29, 1.82) is 0 Å². The fourth-order valence-corrected chi connectivity index (χ4v) is 2.12. The lowest BCUT2D eigenvalue weighted by molar-refractivity contribution is -0.142. The molecule has 1 rings (SSSR count). The molecule has 8 nitrogen and oxygen atoms in total. The van der Waals surface area contributed by atoms with E-state index >= 15 is 0 Å². The van der Waals surface area contributed by atoms with E-state index < -0.39 is 29.9 Å². The van der Waals surface area contributed by atoms with Gasteiger partial charge in [-0.25, -0.2) is 4.79 Å². The van der Waals surface area contributed by atoms with E-state index in [1.54, 1.807) is 0 Å². The lowest BCUT2D eigenvalue weighted by atomic mass is 10.1. The molecule has 5 N–H and O–H groups in total. The van der Waals surface area contributed by atoms with Crippen LogP contribution in [-0.4, -0.2) is 46.0 Å². The minimum absolute atomic E-state index is 0.0792. The number of carboxylic acids is 1. The van der Waals surface area contributed by atoms with E-state index in [2.05, 4.69) is 10.6 Å². The van der Waals surface area contributed by atoms with E-state index in [-0.39, 0.29) is 23.8 Å². The van der Waals surface area contributed by atoms with Crippen LogP contribution >= 0.6 is 11.8 Å². The molecule has 18 heavy (non-hydrogen) atoms. The van der Waals surface area contributed by atoms with Crippen LogP contribution in [0.1, 0.15) is 12.8 Å². The smallest absolute Gasteiger partial charge is 0.326 e. The van der Waals surface area contributed by atoms with E-state index in [1.165, 1.54) is 0 Å². The van der Waals surface area contributed by atoms with Gasteiger partial charge in [0.15, 0.2) is 0 Å². The van der Waals surface area contributed by atoms with E-state index in [0.717, 1.165) is 11.8 Å². The maximum Gasteiger partial charge on any atom is 0.326 e. The van der Waals surface area contributed by atoms with Gasteiger partial charge in [0.25, 0.3) is 5.24 Å². The number of rotatable bonds is 6. The molecule has 1 fully saturated rings. The SMILES string of the molecule is NC(=O)CCC(NC(=O)C1CSC(=O)N1)C(=O)O. The molecule has 0 bridgehead atoms. The fraction of sp³-hybridized carbons (Fsp3) is 0.556. The molecule has 1 heterocycles. The average molecular weight is 275 g/mol. The van der Waals surface area contributed by atoms with Gasteiger partial charge in [0.1, 0.15) is 12.1 Å². The number of amides is 3. The number of carbonyl (C=O) groups is 4. The summed E-state index contributed by atoms with van der Waals surface area (Å²) in [6.07, 6.45) is -0.215. The van der Waals surface area contributed by atoms with Gasteiger partial charge in [0.05, 0.1) is 0 Å². The largest absolute Gasteiger partial charge is 0.480 e. The minimum Gasteiger partial charge on any atom is -0.480 e.